The maximum atomic E-state index is 12.5. The van der Waals surface area contributed by atoms with Crippen LogP contribution >= 0.6 is 0 Å². The highest BCUT2D eigenvalue weighted by atomic mass is 16.5. The van der Waals surface area contributed by atoms with Gasteiger partial charge in [0.15, 0.2) is 0 Å². The average molecular weight is 364 g/mol. The molecule has 1 aliphatic heterocycles. The van der Waals surface area contributed by atoms with Crippen LogP contribution in [0.1, 0.15) is 45.5 Å². The van der Waals surface area contributed by atoms with E-state index >= 15 is 0 Å². The Morgan fingerprint density at radius 3 is 2.41 bits per heavy atom. The van der Waals surface area contributed by atoms with Gasteiger partial charge in [-0.1, -0.05) is 30.3 Å². The normalized spacial score (nSPS) is 17.3. The topological polar surface area (TPSA) is 41.6 Å². The van der Waals surface area contributed by atoms with Crippen molar-refractivity contribution in [2.75, 3.05) is 26.3 Å². The van der Waals surface area contributed by atoms with Crippen molar-refractivity contribution in [3.8, 4) is 0 Å². The number of hydrogen-bond donors (Lipinski definition) is 1. The quantitative estimate of drug-likeness (QED) is 0.885. The van der Waals surface area contributed by atoms with Gasteiger partial charge < -0.3 is 10.1 Å². The van der Waals surface area contributed by atoms with Gasteiger partial charge in [0.25, 0.3) is 5.91 Å². The molecule has 0 radical (unpaired) electrons. The van der Waals surface area contributed by atoms with Gasteiger partial charge in [0.1, 0.15) is 0 Å². The van der Waals surface area contributed by atoms with Crippen LogP contribution in [0.3, 0.4) is 0 Å². The second-order valence-electron chi connectivity index (χ2n) is 7.58. The smallest absolute Gasteiger partial charge is 0.251 e. The molecule has 0 aromatic heterocycles. The molecule has 1 heterocycles. The van der Waals surface area contributed by atoms with E-state index in [0.29, 0.717) is 6.54 Å². The van der Waals surface area contributed by atoms with Crippen molar-refractivity contribution in [2.45, 2.75) is 38.8 Å². The first kappa shape index (κ1) is 18.2. The number of ether oxygens (including phenoxy) is 1. The van der Waals surface area contributed by atoms with E-state index in [0.717, 1.165) is 56.8 Å². The SMILES string of the molecule is O=C(NCc1ccc(CN2CCOCC2)cc1)c1ccc2c(c1)CCCC2. The van der Waals surface area contributed by atoms with Crippen molar-refractivity contribution in [2.24, 2.45) is 0 Å². The lowest BCUT2D eigenvalue weighted by atomic mass is 9.90. The van der Waals surface area contributed by atoms with Crippen molar-refractivity contribution in [1.82, 2.24) is 10.2 Å². The number of rotatable bonds is 5. The van der Waals surface area contributed by atoms with Crippen LogP contribution in [0.5, 0.6) is 0 Å². The molecule has 0 saturated carbocycles. The van der Waals surface area contributed by atoms with Gasteiger partial charge >= 0.3 is 0 Å². The molecule has 142 valence electrons. The molecular formula is C23H28N2O2. The van der Waals surface area contributed by atoms with Gasteiger partial charge in [-0.05, 0) is 60.1 Å². The number of nitrogens with one attached hydrogen (secondary N) is 1. The van der Waals surface area contributed by atoms with E-state index in [1.54, 1.807) is 0 Å². The van der Waals surface area contributed by atoms with Crippen molar-refractivity contribution in [1.29, 1.82) is 0 Å². The van der Waals surface area contributed by atoms with Gasteiger partial charge in [0, 0.05) is 31.7 Å². The average Bonchev–Trinajstić information content (AvgIpc) is 2.73. The zero-order valence-corrected chi connectivity index (χ0v) is 15.9. The van der Waals surface area contributed by atoms with Gasteiger partial charge in [-0.25, -0.2) is 0 Å². The van der Waals surface area contributed by atoms with Gasteiger partial charge in [0.2, 0.25) is 0 Å². The van der Waals surface area contributed by atoms with E-state index in [4.69, 9.17) is 4.74 Å². The summed E-state index contributed by atoms with van der Waals surface area (Å²) in [5, 5.41) is 3.06. The summed E-state index contributed by atoms with van der Waals surface area (Å²) in [4.78, 5) is 14.9. The van der Waals surface area contributed by atoms with E-state index in [9.17, 15) is 4.79 Å². The molecule has 0 spiro atoms. The summed E-state index contributed by atoms with van der Waals surface area (Å²) in [6.07, 6.45) is 4.74. The Morgan fingerprint density at radius 1 is 0.926 bits per heavy atom. The van der Waals surface area contributed by atoms with E-state index < -0.39 is 0 Å². The molecule has 0 atom stereocenters. The van der Waals surface area contributed by atoms with Crippen LogP contribution in [0.2, 0.25) is 0 Å². The Balaban J connectivity index is 1.31. The van der Waals surface area contributed by atoms with Crippen LogP contribution in [-0.2, 0) is 30.7 Å². The van der Waals surface area contributed by atoms with Gasteiger partial charge in [0.05, 0.1) is 13.2 Å². The third-order valence-electron chi connectivity index (χ3n) is 5.60. The Labute approximate surface area is 161 Å². The van der Waals surface area contributed by atoms with Crippen molar-refractivity contribution < 1.29 is 9.53 Å². The largest absolute Gasteiger partial charge is 0.379 e. The first-order chi connectivity index (χ1) is 13.3. The molecule has 27 heavy (non-hydrogen) atoms. The third-order valence-corrected chi connectivity index (χ3v) is 5.60. The highest BCUT2D eigenvalue weighted by molar-refractivity contribution is 5.94. The van der Waals surface area contributed by atoms with E-state index in [-0.39, 0.29) is 5.91 Å². The first-order valence-corrected chi connectivity index (χ1v) is 10.1. The number of amides is 1. The Kier molecular flexibility index (Phi) is 5.85. The zero-order valence-electron chi connectivity index (χ0n) is 15.9. The highest BCUT2D eigenvalue weighted by Crippen LogP contribution is 2.22. The van der Waals surface area contributed by atoms with Gasteiger partial charge in [-0.2, -0.15) is 0 Å². The lowest BCUT2D eigenvalue weighted by Gasteiger charge is -2.26. The van der Waals surface area contributed by atoms with E-state index in [1.807, 2.05) is 6.07 Å². The first-order valence-electron chi connectivity index (χ1n) is 10.1. The van der Waals surface area contributed by atoms with Crippen molar-refractivity contribution >= 4 is 5.91 Å². The minimum atomic E-state index is 0.0146. The van der Waals surface area contributed by atoms with Crippen LogP contribution in [0.25, 0.3) is 0 Å². The van der Waals surface area contributed by atoms with Crippen LogP contribution in [0.15, 0.2) is 42.5 Å². The zero-order chi connectivity index (χ0) is 18.5. The van der Waals surface area contributed by atoms with Gasteiger partial charge in [-0.3, -0.25) is 9.69 Å². The summed E-state index contributed by atoms with van der Waals surface area (Å²) in [6, 6.07) is 14.7. The molecule has 2 aromatic carbocycles. The van der Waals surface area contributed by atoms with E-state index in [1.165, 1.54) is 29.5 Å². The number of morpholine rings is 1. The van der Waals surface area contributed by atoms with Crippen molar-refractivity contribution in [3.05, 3.63) is 70.3 Å². The molecule has 2 aliphatic rings. The summed E-state index contributed by atoms with van der Waals surface area (Å²) in [7, 11) is 0. The summed E-state index contributed by atoms with van der Waals surface area (Å²) in [6.45, 7) is 5.18. The lowest BCUT2D eigenvalue weighted by molar-refractivity contribution is 0.0342. The van der Waals surface area contributed by atoms with Gasteiger partial charge in [-0.15, -0.1) is 0 Å². The number of carbonyl (C=O) groups is 1. The van der Waals surface area contributed by atoms with Crippen LogP contribution < -0.4 is 5.32 Å². The third kappa shape index (κ3) is 4.76. The second-order valence-corrected chi connectivity index (χ2v) is 7.58. The Bertz CT molecular complexity index is 779. The molecule has 0 bridgehead atoms. The molecule has 0 unspecified atom stereocenters. The minimum absolute atomic E-state index is 0.0146. The predicted octanol–water partition coefficient (Wildman–Crippen LogP) is 3.33. The molecular weight excluding hydrogens is 336 g/mol. The highest BCUT2D eigenvalue weighted by Gasteiger charge is 2.13. The molecule has 1 aliphatic carbocycles. The summed E-state index contributed by atoms with van der Waals surface area (Å²) >= 11 is 0. The number of hydrogen-bond acceptors (Lipinski definition) is 3. The Hall–Kier alpha value is -2.17. The monoisotopic (exact) mass is 364 g/mol. The maximum Gasteiger partial charge on any atom is 0.251 e. The summed E-state index contributed by atoms with van der Waals surface area (Å²) in [5.41, 5.74) is 5.98. The fraction of sp³-hybridized carbons (Fsp3) is 0.435. The van der Waals surface area contributed by atoms with Crippen LogP contribution in [0.4, 0.5) is 0 Å². The maximum absolute atomic E-state index is 12.5. The number of benzene rings is 2. The number of nitrogens with zero attached hydrogens (tertiary/aromatic N) is 1. The molecule has 1 saturated heterocycles. The van der Waals surface area contributed by atoms with Crippen molar-refractivity contribution in [3.63, 3.8) is 0 Å². The summed E-state index contributed by atoms with van der Waals surface area (Å²) in [5.74, 6) is 0.0146. The number of aryl methyl sites for hydroxylation is 2. The number of fused-ring (bicyclic) bond motifs is 1. The number of carbonyl (C=O) groups excluding carboxylic acids is 1. The minimum Gasteiger partial charge on any atom is -0.379 e. The second kappa shape index (κ2) is 8.68. The molecule has 2 aromatic rings. The fourth-order valence-electron chi connectivity index (χ4n) is 3.94. The van der Waals surface area contributed by atoms with Crippen LogP contribution in [-0.4, -0.2) is 37.1 Å². The van der Waals surface area contributed by atoms with Crippen LogP contribution in [0, 0.1) is 0 Å². The molecule has 1 amide bonds. The predicted molar refractivity (Wildman–Crippen MR) is 107 cm³/mol. The summed E-state index contributed by atoms with van der Waals surface area (Å²) < 4.78 is 5.40. The van der Waals surface area contributed by atoms with E-state index in [2.05, 4.69) is 46.6 Å². The molecule has 4 heteroatoms. The fourth-order valence-corrected chi connectivity index (χ4v) is 3.94. The Morgan fingerprint density at radius 2 is 1.63 bits per heavy atom. The molecule has 1 fully saturated rings. The lowest BCUT2D eigenvalue weighted by Crippen LogP contribution is -2.35. The standard InChI is InChI=1S/C23H28N2O2/c26-23(22-10-9-20-3-1-2-4-21(20)15-22)24-16-18-5-7-19(8-6-18)17-25-11-13-27-14-12-25/h5-10,15H,1-4,11-14,16-17H2,(H,24,26). The molecule has 4 rings (SSSR count). The molecule has 1 N–H and O–H groups in total. The molecule has 4 nitrogen and oxygen atoms in total.